The van der Waals surface area contributed by atoms with Gasteiger partial charge in [0, 0.05) is 5.33 Å². The zero-order valence-electron chi connectivity index (χ0n) is 9.09. The van der Waals surface area contributed by atoms with Crippen molar-refractivity contribution in [2.24, 2.45) is 5.92 Å². The van der Waals surface area contributed by atoms with Crippen molar-refractivity contribution in [1.82, 2.24) is 0 Å². The van der Waals surface area contributed by atoms with E-state index >= 15 is 0 Å². The minimum absolute atomic E-state index is 0.780. The van der Waals surface area contributed by atoms with Crippen LogP contribution in [-0.4, -0.2) is 5.33 Å². The molecule has 0 heterocycles. The van der Waals surface area contributed by atoms with Gasteiger partial charge in [-0.15, -0.1) is 0 Å². The first-order valence-corrected chi connectivity index (χ1v) is 6.56. The van der Waals surface area contributed by atoms with Gasteiger partial charge < -0.3 is 0 Å². The molecule has 0 N–H and O–H groups in total. The number of aryl methyl sites for hydroxylation is 1. The Labute approximate surface area is 95.9 Å². The molecule has 0 saturated carbocycles. The zero-order valence-corrected chi connectivity index (χ0v) is 10.7. The molecule has 0 amide bonds. The van der Waals surface area contributed by atoms with Gasteiger partial charge in [-0.25, -0.2) is 0 Å². The summed E-state index contributed by atoms with van der Waals surface area (Å²) < 4.78 is 0. The fourth-order valence-corrected chi connectivity index (χ4v) is 2.24. The minimum Gasteiger partial charge on any atom is -0.0925 e. The summed E-state index contributed by atoms with van der Waals surface area (Å²) >= 11 is 3.56. The predicted octanol–water partition coefficient (Wildman–Crippen LogP) is 4.21. The first-order valence-electron chi connectivity index (χ1n) is 5.43. The lowest BCUT2D eigenvalue weighted by Gasteiger charge is -2.11. The van der Waals surface area contributed by atoms with Crippen LogP contribution in [-0.2, 0) is 12.8 Å². The molecule has 1 unspecified atom stereocenters. The average molecular weight is 255 g/mol. The molecule has 1 atom stereocenters. The van der Waals surface area contributed by atoms with Gasteiger partial charge >= 0.3 is 0 Å². The summed E-state index contributed by atoms with van der Waals surface area (Å²) in [6, 6.07) is 9.03. The molecule has 0 nitrogen and oxygen atoms in total. The van der Waals surface area contributed by atoms with Crippen molar-refractivity contribution in [3.63, 3.8) is 0 Å². The molecule has 0 radical (unpaired) electrons. The zero-order chi connectivity index (χ0) is 10.4. The minimum atomic E-state index is 0.780. The topological polar surface area (TPSA) is 0 Å². The van der Waals surface area contributed by atoms with Crippen molar-refractivity contribution >= 4 is 15.9 Å². The Morgan fingerprint density at radius 2 is 1.64 bits per heavy atom. The number of halogens is 1. The molecule has 78 valence electrons. The third-order valence-corrected chi connectivity index (χ3v) is 3.67. The molecule has 1 heteroatoms. The van der Waals surface area contributed by atoms with E-state index < -0.39 is 0 Å². The van der Waals surface area contributed by atoms with E-state index in [0.717, 1.165) is 17.7 Å². The van der Waals surface area contributed by atoms with Crippen molar-refractivity contribution in [2.45, 2.75) is 33.1 Å². The maximum Gasteiger partial charge on any atom is 0.00627 e. The van der Waals surface area contributed by atoms with Crippen molar-refractivity contribution in [3.8, 4) is 0 Å². The van der Waals surface area contributed by atoms with Crippen molar-refractivity contribution in [2.75, 3.05) is 5.33 Å². The Kier molecular flexibility index (Phi) is 5.24. The predicted molar refractivity (Wildman–Crippen MR) is 67.1 cm³/mol. The van der Waals surface area contributed by atoms with Crippen LogP contribution in [0.1, 0.15) is 31.4 Å². The molecule has 0 bridgehead atoms. The molecule has 0 spiro atoms. The molecule has 0 aliphatic carbocycles. The lowest BCUT2D eigenvalue weighted by atomic mass is 9.98. The van der Waals surface area contributed by atoms with Crippen LogP contribution in [0.25, 0.3) is 0 Å². The highest BCUT2D eigenvalue weighted by Crippen LogP contribution is 2.15. The Bertz CT molecular complexity index is 246. The molecule has 1 aromatic carbocycles. The second kappa shape index (κ2) is 6.23. The second-order valence-corrected chi connectivity index (χ2v) is 4.45. The van der Waals surface area contributed by atoms with E-state index in [2.05, 4.69) is 54.0 Å². The Morgan fingerprint density at radius 1 is 1.07 bits per heavy atom. The van der Waals surface area contributed by atoms with E-state index in [1.807, 2.05) is 0 Å². The molecule has 0 saturated heterocycles. The molecule has 14 heavy (non-hydrogen) atoms. The van der Waals surface area contributed by atoms with Crippen LogP contribution < -0.4 is 0 Å². The van der Waals surface area contributed by atoms with Crippen molar-refractivity contribution in [1.29, 1.82) is 0 Å². The summed E-state index contributed by atoms with van der Waals surface area (Å²) in [5.74, 6) is 0.780. The summed E-state index contributed by atoms with van der Waals surface area (Å²) in [5, 5.41) is 1.11. The van der Waals surface area contributed by atoms with Crippen LogP contribution in [0.3, 0.4) is 0 Å². The third kappa shape index (κ3) is 3.45. The second-order valence-electron chi connectivity index (χ2n) is 3.80. The quantitative estimate of drug-likeness (QED) is 0.691. The summed E-state index contributed by atoms with van der Waals surface area (Å²) in [5.41, 5.74) is 2.90. The molecular formula is C13H19Br. The van der Waals surface area contributed by atoms with Gasteiger partial charge in [0.1, 0.15) is 0 Å². The lowest BCUT2D eigenvalue weighted by Crippen LogP contribution is -2.04. The Hall–Kier alpha value is -0.300. The number of rotatable bonds is 5. The highest BCUT2D eigenvalue weighted by Gasteiger charge is 2.05. The number of hydrogen-bond donors (Lipinski definition) is 0. The lowest BCUT2D eigenvalue weighted by molar-refractivity contribution is 0.573. The summed E-state index contributed by atoms with van der Waals surface area (Å²) in [4.78, 5) is 0. The van der Waals surface area contributed by atoms with E-state index in [1.165, 1.54) is 24.0 Å². The largest absolute Gasteiger partial charge is 0.0925 e. The first-order chi connectivity index (χ1) is 6.80. The molecule has 1 rings (SSSR count). The first kappa shape index (κ1) is 11.8. The maximum atomic E-state index is 3.56. The van der Waals surface area contributed by atoms with Crippen LogP contribution in [0.4, 0.5) is 0 Å². The van der Waals surface area contributed by atoms with Crippen LogP contribution in [0.2, 0.25) is 0 Å². The summed E-state index contributed by atoms with van der Waals surface area (Å²) in [6.45, 7) is 4.45. The van der Waals surface area contributed by atoms with Gasteiger partial charge in [0.25, 0.3) is 0 Å². The fraction of sp³-hybridized carbons (Fsp3) is 0.538. The smallest absolute Gasteiger partial charge is 0.00627 e. The van der Waals surface area contributed by atoms with E-state index in [1.54, 1.807) is 0 Å². The van der Waals surface area contributed by atoms with Gasteiger partial charge in [0.05, 0.1) is 0 Å². The van der Waals surface area contributed by atoms with Gasteiger partial charge in [0.15, 0.2) is 0 Å². The summed E-state index contributed by atoms with van der Waals surface area (Å²) in [6.07, 6.45) is 3.59. The van der Waals surface area contributed by atoms with Crippen molar-refractivity contribution in [3.05, 3.63) is 35.4 Å². The molecular weight excluding hydrogens is 236 g/mol. The van der Waals surface area contributed by atoms with Gasteiger partial charge in [-0.2, -0.15) is 0 Å². The summed E-state index contributed by atoms with van der Waals surface area (Å²) in [7, 11) is 0. The highest BCUT2D eigenvalue weighted by molar-refractivity contribution is 9.09. The normalized spacial score (nSPS) is 12.8. The monoisotopic (exact) mass is 254 g/mol. The molecule has 0 aliphatic rings. The number of alkyl halides is 1. The van der Waals surface area contributed by atoms with Gasteiger partial charge in [-0.1, -0.05) is 60.5 Å². The van der Waals surface area contributed by atoms with E-state index in [-0.39, 0.29) is 0 Å². The molecule has 0 fully saturated rings. The van der Waals surface area contributed by atoms with Crippen LogP contribution in [0.5, 0.6) is 0 Å². The standard InChI is InChI=1S/C13H19Br/c1-3-11-5-7-13(8-6-11)9-12(4-2)10-14/h5-8,12H,3-4,9-10H2,1-2H3. The number of benzene rings is 1. The van der Waals surface area contributed by atoms with Gasteiger partial charge in [-0.3, -0.25) is 0 Å². The van der Waals surface area contributed by atoms with Crippen LogP contribution in [0.15, 0.2) is 24.3 Å². The van der Waals surface area contributed by atoms with E-state index in [0.29, 0.717) is 0 Å². The Morgan fingerprint density at radius 3 is 2.07 bits per heavy atom. The molecule has 0 aromatic heterocycles. The van der Waals surface area contributed by atoms with Crippen LogP contribution in [0, 0.1) is 5.92 Å². The maximum absolute atomic E-state index is 3.56. The van der Waals surface area contributed by atoms with Crippen molar-refractivity contribution < 1.29 is 0 Å². The highest BCUT2D eigenvalue weighted by atomic mass is 79.9. The average Bonchev–Trinajstić information content (AvgIpc) is 2.26. The molecule has 0 aliphatic heterocycles. The molecule has 1 aromatic rings. The fourth-order valence-electron chi connectivity index (χ4n) is 1.55. The SMILES string of the molecule is CCc1ccc(CC(CC)CBr)cc1. The van der Waals surface area contributed by atoms with Crippen LogP contribution >= 0.6 is 15.9 Å². The third-order valence-electron chi connectivity index (χ3n) is 2.75. The van der Waals surface area contributed by atoms with E-state index in [4.69, 9.17) is 0 Å². The van der Waals surface area contributed by atoms with E-state index in [9.17, 15) is 0 Å². The van der Waals surface area contributed by atoms with Gasteiger partial charge in [-0.05, 0) is 29.9 Å². The Balaban J connectivity index is 2.58. The number of hydrogen-bond acceptors (Lipinski definition) is 0. The van der Waals surface area contributed by atoms with Gasteiger partial charge in [0.2, 0.25) is 0 Å².